The Hall–Kier alpha value is -3.19. The van der Waals surface area contributed by atoms with Gasteiger partial charge in [0.05, 0.1) is 17.9 Å². The summed E-state index contributed by atoms with van der Waals surface area (Å²) in [6, 6.07) is 11.7. The van der Waals surface area contributed by atoms with E-state index in [2.05, 4.69) is 5.32 Å². The van der Waals surface area contributed by atoms with Gasteiger partial charge in [0.25, 0.3) is 11.8 Å². The third kappa shape index (κ3) is 4.30. The lowest BCUT2D eigenvalue weighted by atomic mass is 10.2. The number of halogens is 2. The number of rotatable bonds is 7. The molecule has 0 atom stereocenters. The number of anilines is 2. The van der Waals surface area contributed by atoms with Crippen LogP contribution in [0.1, 0.15) is 30.1 Å². The number of imide groups is 1. The first-order valence-electron chi connectivity index (χ1n) is 9.01. The molecule has 1 N–H and O–H groups in total. The Morgan fingerprint density at radius 3 is 2.62 bits per heavy atom. The lowest BCUT2D eigenvalue weighted by molar-refractivity contribution is -0.120. The number of nitrogens with one attached hydrogen (secondary N) is 1. The van der Waals surface area contributed by atoms with Gasteiger partial charge in [0.1, 0.15) is 16.5 Å². The summed E-state index contributed by atoms with van der Waals surface area (Å²) >= 11 is 6.05. The molecule has 0 spiro atoms. The highest BCUT2D eigenvalue weighted by Crippen LogP contribution is 2.31. The Morgan fingerprint density at radius 2 is 1.90 bits per heavy atom. The molecule has 0 saturated carbocycles. The number of hydrogen-bond donors (Lipinski definition) is 1. The van der Waals surface area contributed by atoms with E-state index in [0.29, 0.717) is 17.2 Å². The Balaban J connectivity index is 1.81. The average Bonchev–Trinajstić information content (AvgIpc) is 2.92. The predicted octanol–water partition coefficient (Wildman–Crippen LogP) is 4.22. The van der Waals surface area contributed by atoms with Gasteiger partial charge in [0, 0.05) is 5.69 Å². The van der Waals surface area contributed by atoms with Crippen LogP contribution in [0.25, 0.3) is 0 Å². The van der Waals surface area contributed by atoms with Crippen molar-refractivity contribution < 1.29 is 23.5 Å². The lowest BCUT2D eigenvalue weighted by Crippen LogP contribution is -2.33. The lowest BCUT2D eigenvalue weighted by Gasteiger charge is -2.15. The van der Waals surface area contributed by atoms with Crippen LogP contribution >= 0.6 is 11.6 Å². The van der Waals surface area contributed by atoms with Crippen LogP contribution in [0, 0.1) is 5.82 Å². The summed E-state index contributed by atoms with van der Waals surface area (Å²) in [5.74, 6) is -2.85. The maximum absolute atomic E-state index is 14.1. The number of benzene rings is 2. The fourth-order valence-electron chi connectivity index (χ4n) is 2.72. The minimum atomic E-state index is -0.834. The Morgan fingerprint density at radius 1 is 1.14 bits per heavy atom. The van der Waals surface area contributed by atoms with Gasteiger partial charge in [-0.1, -0.05) is 43.1 Å². The van der Waals surface area contributed by atoms with Gasteiger partial charge in [0.15, 0.2) is 0 Å². The minimum absolute atomic E-state index is 0.189. The smallest absolute Gasteiger partial charge is 0.338 e. The number of ether oxygens (including phenoxy) is 1. The number of para-hydroxylation sites is 1. The largest absolute Gasteiger partial charge is 0.462 e. The zero-order chi connectivity index (χ0) is 21.0. The number of unbranched alkanes of at least 4 members (excludes halogenated alkanes) is 1. The summed E-state index contributed by atoms with van der Waals surface area (Å²) in [6.07, 6.45) is 1.66. The van der Waals surface area contributed by atoms with Crippen molar-refractivity contribution >= 4 is 40.8 Å². The molecule has 0 unspecified atom stereocenters. The zero-order valence-corrected chi connectivity index (χ0v) is 16.3. The molecule has 0 radical (unpaired) electrons. The number of esters is 1. The van der Waals surface area contributed by atoms with Gasteiger partial charge in [-0.15, -0.1) is 0 Å². The number of carbonyl (C=O) groups excluding carboxylic acids is 3. The maximum atomic E-state index is 14.1. The summed E-state index contributed by atoms with van der Waals surface area (Å²) in [7, 11) is 0. The summed E-state index contributed by atoms with van der Waals surface area (Å²) in [5, 5.41) is 2.39. The molecule has 2 aromatic carbocycles. The van der Waals surface area contributed by atoms with E-state index >= 15 is 0 Å². The Kier molecular flexibility index (Phi) is 6.29. The second kappa shape index (κ2) is 8.87. The van der Waals surface area contributed by atoms with E-state index < -0.39 is 23.6 Å². The maximum Gasteiger partial charge on any atom is 0.338 e. The second-order valence-corrected chi connectivity index (χ2v) is 6.66. The molecule has 0 bridgehead atoms. The van der Waals surface area contributed by atoms with Gasteiger partial charge in [-0.05, 0) is 36.8 Å². The third-order valence-electron chi connectivity index (χ3n) is 4.22. The van der Waals surface area contributed by atoms with E-state index in [4.69, 9.17) is 16.3 Å². The fraction of sp³-hybridized carbons (Fsp3) is 0.190. The Bertz CT molecular complexity index is 1010. The second-order valence-electron chi connectivity index (χ2n) is 6.28. The summed E-state index contributed by atoms with van der Waals surface area (Å²) in [6.45, 7) is 2.30. The van der Waals surface area contributed by atoms with Crippen molar-refractivity contribution in [1.82, 2.24) is 0 Å². The number of hydrogen-bond acceptors (Lipinski definition) is 5. The molecular weight excluding hydrogens is 399 g/mol. The molecule has 2 aromatic rings. The van der Waals surface area contributed by atoms with Gasteiger partial charge in [-0.25, -0.2) is 14.1 Å². The van der Waals surface area contributed by atoms with Gasteiger partial charge in [-0.3, -0.25) is 9.59 Å². The molecule has 0 saturated heterocycles. The van der Waals surface area contributed by atoms with Crippen molar-refractivity contribution in [1.29, 1.82) is 0 Å². The molecule has 0 aliphatic carbocycles. The van der Waals surface area contributed by atoms with Crippen molar-refractivity contribution in [2.24, 2.45) is 0 Å². The van der Waals surface area contributed by atoms with Crippen molar-refractivity contribution in [3.8, 4) is 0 Å². The van der Waals surface area contributed by atoms with E-state index in [1.165, 1.54) is 24.3 Å². The van der Waals surface area contributed by atoms with Crippen molar-refractivity contribution in [2.45, 2.75) is 19.8 Å². The van der Waals surface area contributed by atoms with E-state index in [1.807, 2.05) is 6.92 Å². The summed E-state index contributed by atoms with van der Waals surface area (Å²) < 4.78 is 19.2. The van der Waals surface area contributed by atoms with Crippen LogP contribution in [-0.2, 0) is 14.3 Å². The SMILES string of the molecule is CCCCOC(=O)c1cccc(NC2=C(Cl)C(=O)N(c3ccccc3F)C2=O)c1. The van der Waals surface area contributed by atoms with Gasteiger partial charge >= 0.3 is 5.97 Å². The van der Waals surface area contributed by atoms with Crippen LogP contribution < -0.4 is 10.2 Å². The number of amides is 2. The molecule has 6 nitrogen and oxygen atoms in total. The van der Waals surface area contributed by atoms with Gasteiger partial charge in [0.2, 0.25) is 0 Å². The minimum Gasteiger partial charge on any atom is -0.462 e. The highest BCUT2D eigenvalue weighted by Gasteiger charge is 2.40. The van der Waals surface area contributed by atoms with Gasteiger partial charge < -0.3 is 10.1 Å². The van der Waals surface area contributed by atoms with Crippen LogP contribution in [0.15, 0.2) is 59.3 Å². The first-order valence-corrected chi connectivity index (χ1v) is 9.39. The first-order chi connectivity index (χ1) is 13.9. The number of carbonyl (C=O) groups is 3. The van der Waals surface area contributed by atoms with Crippen molar-refractivity contribution in [3.63, 3.8) is 0 Å². The molecule has 1 heterocycles. The van der Waals surface area contributed by atoms with E-state index in [-0.39, 0.29) is 22.0 Å². The highest BCUT2D eigenvalue weighted by atomic mass is 35.5. The topological polar surface area (TPSA) is 75.7 Å². The average molecular weight is 417 g/mol. The quantitative estimate of drug-likeness (QED) is 0.415. The molecule has 1 aliphatic heterocycles. The van der Waals surface area contributed by atoms with Crippen molar-refractivity contribution in [2.75, 3.05) is 16.8 Å². The standard InChI is InChI=1S/C21H18ClFN2O4/c1-2-3-11-29-21(28)13-7-6-8-14(12-13)24-18-17(22)19(26)25(20(18)27)16-10-5-4-9-15(16)23/h4-10,12,24H,2-3,11H2,1H3. The van der Waals surface area contributed by atoms with E-state index in [0.717, 1.165) is 18.9 Å². The van der Waals surface area contributed by atoms with Crippen molar-refractivity contribution in [3.05, 3.63) is 70.6 Å². The van der Waals surface area contributed by atoms with Crippen LogP contribution in [0.2, 0.25) is 0 Å². The molecule has 0 aromatic heterocycles. The normalized spacial score (nSPS) is 13.8. The molecule has 150 valence electrons. The van der Waals surface area contributed by atoms with Crippen LogP contribution in [0.3, 0.4) is 0 Å². The molecule has 1 aliphatic rings. The molecule has 2 amide bonds. The third-order valence-corrected chi connectivity index (χ3v) is 4.57. The molecule has 3 rings (SSSR count). The fourth-order valence-corrected chi connectivity index (χ4v) is 2.94. The van der Waals surface area contributed by atoms with E-state index in [9.17, 15) is 18.8 Å². The van der Waals surface area contributed by atoms with Crippen LogP contribution in [0.5, 0.6) is 0 Å². The highest BCUT2D eigenvalue weighted by molar-refractivity contribution is 6.53. The predicted molar refractivity (Wildman–Crippen MR) is 107 cm³/mol. The van der Waals surface area contributed by atoms with Gasteiger partial charge in [-0.2, -0.15) is 0 Å². The first kappa shape index (κ1) is 20.5. The zero-order valence-electron chi connectivity index (χ0n) is 15.6. The molecule has 8 heteroatoms. The number of nitrogens with zero attached hydrogens (tertiary/aromatic N) is 1. The molecule has 0 fully saturated rings. The monoisotopic (exact) mass is 416 g/mol. The Labute approximate surface area is 171 Å². The summed E-state index contributed by atoms with van der Waals surface area (Å²) in [5.41, 5.74) is 0.257. The van der Waals surface area contributed by atoms with Crippen LogP contribution in [-0.4, -0.2) is 24.4 Å². The van der Waals surface area contributed by atoms with Crippen LogP contribution in [0.4, 0.5) is 15.8 Å². The molecular formula is C21H18ClFN2O4. The van der Waals surface area contributed by atoms with E-state index in [1.54, 1.807) is 18.2 Å². The summed E-state index contributed by atoms with van der Waals surface area (Å²) in [4.78, 5) is 37.9. The molecule has 29 heavy (non-hydrogen) atoms.